The van der Waals surface area contributed by atoms with Gasteiger partial charge < -0.3 is 14.5 Å². The van der Waals surface area contributed by atoms with Gasteiger partial charge in [0.2, 0.25) is 5.91 Å². The molecule has 1 aromatic rings. The van der Waals surface area contributed by atoms with E-state index in [1.54, 1.807) is 31.2 Å². The Bertz CT molecular complexity index is 672. The van der Waals surface area contributed by atoms with Crippen LogP contribution in [-0.4, -0.2) is 33.6 Å². The first-order valence-corrected chi connectivity index (χ1v) is 12.6. The minimum Gasteiger partial charge on any atom is -0.426 e. The summed E-state index contributed by atoms with van der Waals surface area (Å²) in [7, 11) is -1.20. The minimum atomic E-state index is -1.20. The highest BCUT2D eigenvalue weighted by atomic mass is 35.5. The average molecular weight is 412 g/mol. The Morgan fingerprint density at radius 2 is 1.85 bits per heavy atom. The second-order valence-electron chi connectivity index (χ2n) is 8.58. The molecule has 0 bridgehead atoms. The lowest BCUT2D eigenvalue weighted by Gasteiger charge is -2.48. The number of ether oxygens (including phenoxy) is 1. The molecule has 1 amide bonds. The number of hydrogen-bond donors (Lipinski definition) is 1. The molecule has 0 spiro atoms. The average Bonchev–Trinajstić information content (AvgIpc) is 2.56. The number of amides is 1. The van der Waals surface area contributed by atoms with Gasteiger partial charge in [-0.3, -0.25) is 9.59 Å². The van der Waals surface area contributed by atoms with Crippen molar-refractivity contribution in [2.24, 2.45) is 23.2 Å². The fourth-order valence-corrected chi connectivity index (χ4v) is 4.05. The molecule has 1 aliphatic heterocycles. The van der Waals surface area contributed by atoms with Crippen LogP contribution in [0, 0.1) is 23.2 Å². The van der Waals surface area contributed by atoms with Crippen LogP contribution in [0.25, 0.3) is 0 Å². The smallest absolute Gasteiger partial charge is 0.316 e. The second-order valence-corrected chi connectivity index (χ2v) is 11.4. The number of halogens is 1. The van der Waals surface area contributed by atoms with E-state index in [9.17, 15) is 9.59 Å². The maximum atomic E-state index is 12.6. The summed E-state index contributed by atoms with van der Waals surface area (Å²) in [6.07, 6.45) is 0. The third kappa shape index (κ3) is 5.56. The highest BCUT2D eigenvalue weighted by molar-refractivity contribution is 6.48. The zero-order chi connectivity index (χ0) is 20.4. The van der Waals surface area contributed by atoms with E-state index < -0.39 is 15.0 Å². The SMILES string of the molecule is C[C@@H](C(=O)Oc1ccc(Cl)cc1)[C@H]1NC(=O)[C@H]1[C@@H](CO[SiH](C)C)C(C)(C)C. The van der Waals surface area contributed by atoms with E-state index in [1.807, 2.05) is 0 Å². The van der Waals surface area contributed by atoms with Gasteiger partial charge in [-0.15, -0.1) is 0 Å². The maximum absolute atomic E-state index is 12.6. The summed E-state index contributed by atoms with van der Waals surface area (Å²) in [6, 6.07) is 6.40. The van der Waals surface area contributed by atoms with Gasteiger partial charge in [0.25, 0.3) is 0 Å². The lowest BCUT2D eigenvalue weighted by Crippen LogP contribution is -2.66. The number of benzene rings is 1. The Hall–Kier alpha value is -1.37. The number of β-lactam (4-membered cyclic amide) rings is 1. The standard InChI is InChI=1S/C20H30ClNO4Si/c1-12(19(24)26-14-9-7-13(21)8-10-14)17-16(18(23)22-17)15(20(2,3)4)11-25-27(5)6/h7-10,12,15-17,27H,11H2,1-6H3,(H,22,23)/t12-,15-,16+,17-/m1/s1. The van der Waals surface area contributed by atoms with Crippen molar-refractivity contribution in [3.05, 3.63) is 29.3 Å². The lowest BCUT2D eigenvalue weighted by molar-refractivity contribution is -0.151. The van der Waals surface area contributed by atoms with E-state index in [0.717, 1.165) is 0 Å². The molecule has 0 radical (unpaired) electrons. The van der Waals surface area contributed by atoms with Crippen LogP contribution >= 0.6 is 11.6 Å². The number of carbonyl (C=O) groups is 2. The van der Waals surface area contributed by atoms with Crippen molar-refractivity contribution in [3.63, 3.8) is 0 Å². The molecule has 1 saturated heterocycles. The number of esters is 1. The van der Waals surface area contributed by atoms with Gasteiger partial charge in [0, 0.05) is 11.6 Å². The van der Waals surface area contributed by atoms with Crippen molar-refractivity contribution in [1.82, 2.24) is 5.32 Å². The van der Waals surface area contributed by atoms with Gasteiger partial charge in [-0.05, 0) is 55.6 Å². The molecule has 2 rings (SSSR count). The minimum absolute atomic E-state index is 0.0138. The maximum Gasteiger partial charge on any atom is 0.316 e. The first-order valence-electron chi connectivity index (χ1n) is 9.40. The van der Waals surface area contributed by atoms with Crippen LogP contribution in [-0.2, 0) is 14.0 Å². The largest absolute Gasteiger partial charge is 0.426 e. The summed E-state index contributed by atoms with van der Waals surface area (Å²) >= 11 is 5.86. The zero-order valence-electron chi connectivity index (χ0n) is 16.9. The quantitative estimate of drug-likeness (QED) is 0.322. The van der Waals surface area contributed by atoms with Crippen LogP contribution in [0.4, 0.5) is 0 Å². The molecule has 0 unspecified atom stereocenters. The Balaban J connectivity index is 2.10. The van der Waals surface area contributed by atoms with Gasteiger partial charge in [0.15, 0.2) is 9.04 Å². The fourth-order valence-electron chi connectivity index (χ4n) is 3.33. The number of rotatable bonds is 7. The molecular formula is C20H30ClNO4Si. The molecule has 27 heavy (non-hydrogen) atoms. The summed E-state index contributed by atoms with van der Waals surface area (Å²) in [5.74, 6) is -0.605. The molecule has 1 aromatic carbocycles. The van der Waals surface area contributed by atoms with E-state index >= 15 is 0 Å². The van der Waals surface area contributed by atoms with Crippen LogP contribution in [0.2, 0.25) is 18.1 Å². The van der Waals surface area contributed by atoms with E-state index in [2.05, 4.69) is 39.2 Å². The summed E-state index contributed by atoms with van der Waals surface area (Å²) < 4.78 is 11.4. The summed E-state index contributed by atoms with van der Waals surface area (Å²) in [6.45, 7) is 12.9. The second kappa shape index (κ2) is 8.75. The lowest BCUT2D eigenvalue weighted by atomic mass is 9.65. The van der Waals surface area contributed by atoms with Gasteiger partial charge >= 0.3 is 5.97 Å². The van der Waals surface area contributed by atoms with Crippen LogP contribution in [0.3, 0.4) is 0 Å². The number of hydrogen-bond acceptors (Lipinski definition) is 4. The first-order chi connectivity index (χ1) is 12.5. The van der Waals surface area contributed by atoms with Gasteiger partial charge in [-0.2, -0.15) is 0 Å². The van der Waals surface area contributed by atoms with Crippen LogP contribution in [0.5, 0.6) is 5.75 Å². The molecule has 1 aliphatic rings. The molecule has 150 valence electrons. The van der Waals surface area contributed by atoms with Crippen molar-refractivity contribution >= 4 is 32.5 Å². The van der Waals surface area contributed by atoms with Gasteiger partial charge in [-0.25, -0.2) is 0 Å². The third-order valence-electron chi connectivity index (χ3n) is 5.10. The highest BCUT2D eigenvalue weighted by Crippen LogP contribution is 2.40. The van der Waals surface area contributed by atoms with Crippen molar-refractivity contribution < 1.29 is 18.8 Å². The molecule has 0 saturated carbocycles. The number of nitrogens with one attached hydrogen (secondary N) is 1. The van der Waals surface area contributed by atoms with Gasteiger partial charge in [-0.1, -0.05) is 32.4 Å². The van der Waals surface area contributed by atoms with Crippen LogP contribution in [0.1, 0.15) is 27.7 Å². The predicted molar refractivity (Wildman–Crippen MR) is 109 cm³/mol. The third-order valence-corrected chi connectivity index (χ3v) is 6.21. The topological polar surface area (TPSA) is 64.6 Å². The summed E-state index contributed by atoms with van der Waals surface area (Å²) in [5.41, 5.74) is -0.107. The van der Waals surface area contributed by atoms with Crippen molar-refractivity contribution in [2.45, 2.75) is 46.8 Å². The molecule has 4 atom stereocenters. The monoisotopic (exact) mass is 411 g/mol. The van der Waals surface area contributed by atoms with Gasteiger partial charge in [0.05, 0.1) is 17.9 Å². The highest BCUT2D eigenvalue weighted by Gasteiger charge is 2.52. The predicted octanol–water partition coefficient (Wildman–Crippen LogP) is 3.66. The number of carbonyl (C=O) groups excluding carboxylic acids is 2. The van der Waals surface area contributed by atoms with Crippen molar-refractivity contribution in [3.8, 4) is 5.75 Å². The fraction of sp³-hybridized carbons (Fsp3) is 0.600. The molecular weight excluding hydrogens is 382 g/mol. The normalized spacial score (nSPS) is 22.0. The van der Waals surface area contributed by atoms with Gasteiger partial charge in [0.1, 0.15) is 5.75 Å². The molecule has 1 heterocycles. The summed E-state index contributed by atoms with van der Waals surface area (Å²) in [5, 5.41) is 3.48. The van der Waals surface area contributed by atoms with Crippen LogP contribution in [0.15, 0.2) is 24.3 Å². The Morgan fingerprint density at radius 1 is 1.26 bits per heavy atom. The summed E-state index contributed by atoms with van der Waals surface area (Å²) in [4.78, 5) is 25.0. The Labute approximate surface area is 168 Å². The zero-order valence-corrected chi connectivity index (χ0v) is 18.8. The van der Waals surface area contributed by atoms with Crippen molar-refractivity contribution in [2.75, 3.05) is 6.61 Å². The molecule has 0 aromatic heterocycles. The Morgan fingerprint density at radius 3 is 2.33 bits per heavy atom. The van der Waals surface area contributed by atoms with Crippen LogP contribution < -0.4 is 10.1 Å². The first kappa shape index (κ1) is 21.9. The molecule has 1 N–H and O–H groups in total. The van der Waals surface area contributed by atoms with E-state index in [0.29, 0.717) is 17.4 Å². The van der Waals surface area contributed by atoms with E-state index in [1.165, 1.54) is 0 Å². The molecule has 1 fully saturated rings. The van der Waals surface area contributed by atoms with E-state index in [4.69, 9.17) is 20.8 Å². The Kier molecular flexibility index (Phi) is 7.11. The molecule has 5 nitrogen and oxygen atoms in total. The molecule has 0 aliphatic carbocycles. The molecule has 7 heteroatoms. The van der Waals surface area contributed by atoms with Crippen molar-refractivity contribution in [1.29, 1.82) is 0 Å². The van der Waals surface area contributed by atoms with E-state index in [-0.39, 0.29) is 35.2 Å².